The van der Waals surface area contributed by atoms with Crippen LogP contribution >= 0.6 is 0 Å². The molecular weight excluding hydrogens is 160 g/mol. The molecule has 0 aromatic rings. The lowest BCUT2D eigenvalue weighted by Gasteiger charge is -2.26. The third-order valence-corrected chi connectivity index (χ3v) is 7.24. The Hall–Kier alpha value is -0.563. The van der Waals surface area contributed by atoms with Crippen LogP contribution in [-0.4, -0.2) is 8.07 Å². The van der Waals surface area contributed by atoms with Crippen molar-refractivity contribution in [3.63, 3.8) is 0 Å². The highest BCUT2D eigenvalue weighted by Crippen LogP contribution is 2.39. The summed E-state index contributed by atoms with van der Waals surface area (Å²) in [5, 5.41) is 0. The Balaban J connectivity index is 2.81. The summed E-state index contributed by atoms with van der Waals surface area (Å²) in [5.41, 5.74) is 7.22. The molecule has 0 N–H and O–H groups in total. The maximum Gasteiger partial charge on any atom is 0.127 e. The van der Waals surface area contributed by atoms with E-state index in [1.54, 1.807) is 0 Å². The van der Waals surface area contributed by atoms with Gasteiger partial charge in [0.1, 0.15) is 8.07 Å². The van der Waals surface area contributed by atoms with Crippen LogP contribution in [0.25, 0.3) is 0 Å². The number of hydrogen-bond donors (Lipinski definition) is 0. The van der Waals surface area contributed by atoms with E-state index in [9.17, 15) is 0 Å². The molecule has 12 heavy (non-hydrogen) atoms. The zero-order chi connectivity index (χ0) is 9.03. The lowest BCUT2D eigenvalue weighted by molar-refractivity contribution is 0.853. The zero-order valence-corrected chi connectivity index (χ0v) is 8.76. The smallest absolute Gasteiger partial charge is 0.106 e. The van der Waals surface area contributed by atoms with Crippen LogP contribution in [0, 0.1) is 0 Å². The summed E-state index contributed by atoms with van der Waals surface area (Å²) >= 11 is 0. The second-order valence-electron chi connectivity index (χ2n) is 3.59. The van der Waals surface area contributed by atoms with E-state index in [1.807, 2.05) is 0 Å². The van der Waals surface area contributed by atoms with Gasteiger partial charge in [-0.05, 0) is 5.54 Å². The van der Waals surface area contributed by atoms with E-state index in [4.69, 9.17) is 0 Å². The molecule has 0 heterocycles. The van der Waals surface area contributed by atoms with Crippen molar-refractivity contribution in [2.24, 2.45) is 0 Å². The highest BCUT2D eigenvalue weighted by atomic mass is 28.3. The van der Waals surface area contributed by atoms with Crippen LogP contribution in [0.1, 0.15) is 25.7 Å². The van der Waals surface area contributed by atoms with Crippen molar-refractivity contribution in [3.8, 4) is 0 Å². The van der Waals surface area contributed by atoms with E-state index in [2.05, 4.69) is 36.8 Å². The fourth-order valence-corrected chi connectivity index (χ4v) is 5.08. The van der Waals surface area contributed by atoms with Crippen LogP contribution < -0.4 is 0 Å². The highest BCUT2D eigenvalue weighted by Gasteiger charge is 2.34. The van der Waals surface area contributed by atoms with E-state index < -0.39 is 8.07 Å². The molecule has 0 saturated heterocycles. The Morgan fingerprint density at radius 1 is 0.917 bits per heavy atom. The molecule has 0 nitrogen and oxygen atoms in total. The summed E-state index contributed by atoms with van der Waals surface area (Å²) < 4.78 is 0. The van der Waals surface area contributed by atoms with Crippen molar-refractivity contribution in [3.05, 3.63) is 36.8 Å². The number of hydrogen-bond acceptors (Lipinski definition) is 0. The molecule has 1 heteroatoms. The van der Waals surface area contributed by atoms with Gasteiger partial charge in [-0.2, -0.15) is 0 Å². The lowest BCUT2D eigenvalue weighted by atomic mass is 10.4. The first-order valence-corrected chi connectivity index (χ1v) is 7.01. The molecule has 66 valence electrons. The fraction of sp³-hybridized carbons (Fsp3) is 0.455. The van der Waals surface area contributed by atoms with Crippen LogP contribution in [0.2, 0.25) is 5.54 Å². The molecule has 0 aromatic heterocycles. The summed E-state index contributed by atoms with van der Waals surface area (Å²) in [6.45, 7) is 11.8. The third kappa shape index (κ3) is 1.46. The lowest BCUT2D eigenvalue weighted by Crippen LogP contribution is -2.32. The molecule has 0 bridgehead atoms. The molecule has 0 aromatic carbocycles. The first kappa shape index (κ1) is 9.52. The van der Waals surface area contributed by atoms with Gasteiger partial charge in [-0.1, -0.05) is 42.8 Å². The zero-order valence-electron chi connectivity index (χ0n) is 7.76. The first-order chi connectivity index (χ1) is 5.79. The largest absolute Gasteiger partial charge is 0.127 e. The Bertz CT molecular complexity index is 165. The molecule has 1 saturated carbocycles. The van der Waals surface area contributed by atoms with E-state index in [1.165, 1.54) is 25.7 Å². The van der Waals surface area contributed by atoms with Gasteiger partial charge in [0.25, 0.3) is 0 Å². The van der Waals surface area contributed by atoms with Crippen LogP contribution in [0.3, 0.4) is 0 Å². The average Bonchev–Trinajstić information content (AvgIpc) is 2.62. The molecule has 0 atom stereocenters. The quantitative estimate of drug-likeness (QED) is 0.577. The van der Waals surface area contributed by atoms with Crippen LogP contribution in [0.5, 0.6) is 0 Å². The maximum atomic E-state index is 3.94. The predicted molar refractivity (Wildman–Crippen MR) is 58.6 cm³/mol. The van der Waals surface area contributed by atoms with Crippen molar-refractivity contribution < 1.29 is 0 Å². The summed E-state index contributed by atoms with van der Waals surface area (Å²) in [6.07, 6.45) is 5.48. The molecule has 1 fully saturated rings. The molecule has 0 spiro atoms. The Kier molecular flexibility index (Phi) is 3.10. The Labute approximate surface area is 76.7 Å². The van der Waals surface area contributed by atoms with E-state index >= 15 is 0 Å². The van der Waals surface area contributed by atoms with Gasteiger partial charge in [0, 0.05) is 0 Å². The second kappa shape index (κ2) is 3.90. The van der Waals surface area contributed by atoms with Gasteiger partial charge in [0.15, 0.2) is 0 Å². The standard InChI is InChI=1S/C11H18Si/c1-4-12(5-2,6-3)11-9-7-8-10-11/h4-6,11H,1-3,7-10H2. The first-order valence-electron chi connectivity index (χ1n) is 4.70. The topological polar surface area (TPSA) is 0 Å². The van der Waals surface area contributed by atoms with E-state index in [-0.39, 0.29) is 0 Å². The van der Waals surface area contributed by atoms with Gasteiger partial charge < -0.3 is 0 Å². The van der Waals surface area contributed by atoms with Crippen molar-refractivity contribution in [1.82, 2.24) is 0 Å². The SMILES string of the molecule is C=C[Si](C=C)(C=C)C1CCCC1. The minimum atomic E-state index is -1.49. The van der Waals surface area contributed by atoms with Crippen LogP contribution in [0.15, 0.2) is 36.8 Å². The monoisotopic (exact) mass is 178 g/mol. The molecule has 0 amide bonds. The molecule has 1 rings (SSSR count). The van der Waals surface area contributed by atoms with Gasteiger partial charge in [0.2, 0.25) is 0 Å². The van der Waals surface area contributed by atoms with Crippen molar-refractivity contribution in [2.45, 2.75) is 31.2 Å². The molecule has 0 aliphatic heterocycles. The number of rotatable bonds is 4. The van der Waals surface area contributed by atoms with Gasteiger partial charge in [0.05, 0.1) is 0 Å². The van der Waals surface area contributed by atoms with Gasteiger partial charge in [-0.3, -0.25) is 0 Å². The Morgan fingerprint density at radius 3 is 1.67 bits per heavy atom. The molecule has 0 unspecified atom stereocenters. The van der Waals surface area contributed by atoms with Crippen molar-refractivity contribution >= 4 is 8.07 Å². The fourth-order valence-electron chi connectivity index (χ4n) is 2.18. The second-order valence-corrected chi connectivity index (χ2v) is 7.63. The molecular formula is C11H18Si. The van der Waals surface area contributed by atoms with Crippen molar-refractivity contribution in [1.29, 1.82) is 0 Å². The predicted octanol–water partition coefficient (Wildman–Crippen LogP) is 3.56. The Morgan fingerprint density at radius 2 is 1.33 bits per heavy atom. The minimum absolute atomic E-state index is 0.838. The molecule has 1 aliphatic rings. The van der Waals surface area contributed by atoms with E-state index in [0.29, 0.717) is 0 Å². The normalized spacial score (nSPS) is 19.0. The van der Waals surface area contributed by atoms with Crippen molar-refractivity contribution in [2.75, 3.05) is 0 Å². The summed E-state index contributed by atoms with van der Waals surface area (Å²) in [7, 11) is -1.49. The van der Waals surface area contributed by atoms with Crippen LogP contribution in [-0.2, 0) is 0 Å². The molecule has 0 radical (unpaired) electrons. The maximum absolute atomic E-state index is 3.94. The van der Waals surface area contributed by atoms with Gasteiger partial charge >= 0.3 is 0 Å². The average molecular weight is 178 g/mol. The minimum Gasteiger partial charge on any atom is -0.106 e. The van der Waals surface area contributed by atoms with E-state index in [0.717, 1.165) is 5.54 Å². The van der Waals surface area contributed by atoms with Crippen LogP contribution in [0.4, 0.5) is 0 Å². The highest BCUT2D eigenvalue weighted by molar-refractivity contribution is 6.94. The van der Waals surface area contributed by atoms with Gasteiger partial charge in [-0.15, -0.1) is 19.7 Å². The van der Waals surface area contributed by atoms with Gasteiger partial charge in [-0.25, -0.2) is 0 Å². The third-order valence-electron chi connectivity index (χ3n) is 3.12. The summed E-state index contributed by atoms with van der Waals surface area (Å²) in [6, 6.07) is 0. The summed E-state index contributed by atoms with van der Waals surface area (Å²) in [4.78, 5) is 0. The molecule has 1 aliphatic carbocycles. The summed E-state index contributed by atoms with van der Waals surface area (Å²) in [5.74, 6) is 0.